The molecule has 1 heterocycles. The first kappa shape index (κ1) is 27.3. The molecule has 0 spiro atoms. The van der Waals surface area contributed by atoms with Crippen molar-refractivity contribution in [3.05, 3.63) is 59.7 Å². The van der Waals surface area contributed by atoms with Crippen LogP contribution < -0.4 is 20.4 Å². The molecule has 2 aromatic carbocycles. The number of nitrogens with zero attached hydrogens (tertiary/aromatic N) is 2. The first-order valence-corrected chi connectivity index (χ1v) is 12.8. The average Bonchev–Trinajstić information content (AvgIpc) is 3.64. The number of carbonyl (C=O) groups is 3. The maximum atomic E-state index is 13.9. The molecule has 2 N–H and O–H groups in total. The van der Waals surface area contributed by atoms with Gasteiger partial charge in [-0.15, -0.1) is 0 Å². The van der Waals surface area contributed by atoms with Crippen LogP contribution in [0, 0.1) is 17.6 Å². The molecule has 3 amide bonds. The lowest BCUT2D eigenvalue weighted by Gasteiger charge is -2.28. The second-order valence-corrected chi connectivity index (χ2v) is 11.0. The maximum absolute atomic E-state index is 13.9. The average molecular weight is 529 g/mol. The zero-order valence-corrected chi connectivity index (χ0v) is 22.1. The third kappa shape index (κ3) is 6.99. The summed E-state index contributed by atoms with van der Waals surface area (Å²) >= 11 is 0. The van der Waals surface area contributed by atoms with Gasteiger partial charge in [0, 0.05) is 32.6 Å². The van der Waals surface area contributed by atoms with Gasteiger partial charge in [-0.3, -0.25) is 9.59 Å². The molecule has 204 valence electrons. The van der Waals surface area contributed by atoms with E-state index in [1.165, 1.54) is 4.90 Å². The fraction of sp³-hybridized carbons (Fsp3) is 0.464. The summed E-state index contributed by atoms with van der Waals surface area (Å²) in [6.07, 6.45) is 1.17. The van der Waals surface area contributed by atoms with Gasteiger partial charge in [-0.05, 0) is 69.4 Å². The monoisotopic (exact) mass is 528 g/mol. The lowest BCUT2D eigenvalue weighted by atomic mass is 10.0. The Morgan fingerprint density at radius 1 is 1.08 bits per heavy atom. The van der Waals surface area contributed by atoms with Crippen LogP contribution in [0.4, 0.5) is 25.0 Å². The van der Waals surface area contributed by atoms with Crippen molar-refractivity contribution in [3.63, 3.8) is 0 Å². The number of amides is 3. The maximum Gasteiger partial charge on any atom is 0.408 e. The van der Waals surface area contributed by atoms with Gasteiger partial charge in [0.15, 0.2) is 0 Å². The summed E-state index contributed by atoms with van der Waals surface area (Å²) in [5.74, 6) is -2.04. The first-order chi connectivity index (χ1) is 17.9. The van der Waals surface area contributed by atoms with Crippen molar-refractivity contribution < 1.29 is 27.9 Å². The van der Waals surface area contributed by atoms with Crippen LogP contribution in [0.2, 0.25) is 0 Å². The number of nitrogens with one attached hydrogen (secondary N) is 2. The minimum atomic E-state index is -1.24. The second-order valence-electron chi connectivity index (χ2n) is 11.0. The highest BCUT2D eigenvalue weighted by Gasteiger charge is 2.36. The Hall–Kier alpha value is -3.69. The Kier molecular flexibility index (Phi) is 7.89. The van der Waals surface area contributed by atoms with Crippen LogP contribution in [0.5, 0.6) is 0 Å². The van der Waals surface area contributed by atoms with Gasteiger partial charge in [0.05, 0.1) is 11.4 Å². The van der Waals surface area contributed by atoms with Crippen molar-refractivity contribution >= 4 is 29.3 Å². The minimum Gasteiger partial charge on any atom is -0.444 e. The molecule has 0 aromatic heterocycles. The number of benzene rings is 2. The highest BCUT2D eigenvalue weighted by atomic mass is 19.1. The number of hydrogen-bond donors (Lipinski definition) is 2. The molecule has 0 bridgehead atoms. The number of rotatable bonds is 7. The topological polar surface area (TPSA) is 91.0 Å². The predicted molar refractivity (Wildman–Crippen MR) is 140 cm³/mol. The van der Waals surface area contributed by atoms with Gasteiger partial charge in [0.2, 0.25) is 5.91 Å². The third-order valence-electron chi connectivity index (χ3n) is 6.48. The number of hydrogen-bond acceptors (Lipinski definition) is 5. The fourth-order valence-corrected chi connectivity index (χ4v) is 4.55. The molecule has 0 radical (unpaired) electrons. The van der Waals surface area contributed by atoms with E-state index in [9.17, 15) is 23.2 Å². The largest absolute Gasteiger partial charge is 0.444 e. The van der Waals surface area contributed by atoms with Crippen LogP contribution in [0.1, 0.15) is 39.2 Å². The van der Waals surface area contributed by atoms with Crippen LogP contribution in [0.15, 0.2) is 42.5 Å². The van der Waals surface area contributed by atoms with Gasteiger partial charge >= 0.3 is 6.09 Å². The Morgan fingerprint density at radius 2 is 1.71 bits per heavy atom. The first-order valence-electron chi connectivity index (χ1n) is 12.8. The molecule has 8 nitrogen and oxygen atoms in total. The molecule has 2 aromatic rings. The smallest absolute Gasteiger partial charge is 0.408 e. The Bertz CT molecular complexity index is 1190. The van der Waals surface area contributed by atoms with Gasteiger partial charge in [0.1, 0.15) is 29.3 Å². The van der Waals surface area contributed by atoms with Crippen molar-refractivity contribution in [1.29, 1.82) is 0 Å². The Balaban J connectivity index is 1.57. The van der Waals surface area contributed by atoms with E-state index in [0.717, 1.165) is 49.0 Å². The molecule has 4 rings (SSSR count). The molecule has 2 aliphatic rings. The van der Waals surface area contributed by atoms with E-state index in [1.54, 1.807) is 27.8 Å². The van der Waals surface area contributed by atoms with Crippen molar-refractivity contribution in [1.82, 2.24) is 10.6 Å². The summed E-state index contributed by atoms with van der Waals surface area (Å²) in [6.45, 7) is 6.03. The molecular formula is C28H34F2N4O4. The highest BCUT2D eigenvalue weighted by Crippen LogP contribution is 2.36. The summed E-state index contributed by atoms with van der Waals surface area (Å²) in [7, 11) is 1.66. The van der Waals surface area contributed by atoms with E-state index in [0.29, 0.717) is 5.92 Å². The van der Waals surface area contributed by atoms with Gasteiger partial charge in [-0.1, -0.05) is 12.1 Å². The van der Waals surface area contributed by atoms with Gasteiger partial charge < -0.3 is 25.2 Å². The molecule has 1 saturated carbocycles. The van der Waals surface area contributed by atoms with Crippen LogP contribution in [-0.2, 0) is 20.7 Å². The van der Waals surface area contributed by atoms with E-state index in [1.807, 2.05) is 24.3 Å². The molecule has 10 heteroatoms. The standard InChI is InChI=1S/C28H34F2N4O4/c1-28(2,3)38-27(37)32-21(13-18-11-19(29)14-20(30)12-18)25(35)31-22-16-34(15-17-9-10-17)24-8-6-5-7-23(24)33(4)26(22)36/h5-8,11-12,14,17,21-22H,9-10,13,15-16H2,1-4H3,(H,31,35)(H,32,37)/t21-,22-/m1/s1. The number of halogens is 2. The number of carbonyl (C=O) groups excluding carboxylic acids is 3. The second kappa shape index (κ2) is 11.0. The van der Waals surface area contributed by atoms with Crippen molar-refractivity contribution in [3.8, 4) is 0 Å². The van der Waals surface area contributed by atoms with Crippen molar-refractivity contribution in [2.24, 2.45) is 5.92 Å². The van der Waals surface area contributed by atoms with Gasteiger partial charge in [0.25, 0.3) is 5.91 Å². The van der Waals surface area contributed by atoms with E-state index in [-0.39, 0.29) is 24.4 Å². The molecule has 0 unspecified atom stereocenters. The van der Waals surface area contributed by atoms with E-state index < -0.39 is 41.3 Å². The molecular weight excluding hydrogens is 494 g/mol. The molecule has 1 aliphatic carbocycles. The predicted octanol–water partition coefficient (Wildman–Crippen LogP) is 3.78. The summed E-state index contributed by atoms with van der Waals surface area (Å²) in [6, 6.07) is 8.35. The Labute approximate surface area is 221 Å². The zero-order valence-electron chi connectivity index (χ0n) is 22.1. The number of fused-ring (bicyclic) bond motifs is 1. The fourth-order valence-electron chi connectivity index (χ4n) is 4.55. The lowest BCUT2D eigenvalue weighted by Crippen LogP contribution is -2.57. The number of alkyl carbamates (subject to hydrolysis) is 1. The molecule has 1 aliphatic heterocycles. The zero-order chi connectivity index (χ0) is 27.6. The quantitative estimate of drug-likeness (QED) is 0.571. The number of ether oxygens (including phenoxy) is 1. The highest BCUT2D eigenvalue weighted by molar-refractivity contribution is 6.03. The molecule has 1 fully saturated rings. The van der Waals surface area contributed by atoms with E-state index >= 15 is 0 Å². The van der Waals surface area contributed by atoms with Crippen LogP contribution in [-0.4, -0.2) is 55.7 Å². The normalized spacial score (nSPS) is 18.4. The van der Waals surface area contributed by atoms with Crippen molar-refractivity contribution in [2.75, 3.05) is 29.9 Å². The lowest BCUT2D eigenvalue weighted by molar-refractivity contribution is -0.128. The third-order valence-corrected chi connectivity index (χ3v) is 6.48. The van der Waals surface area contributed by atoms with Crippen LogP contribution in [0.25, 0.3) is 0 Å². The van der Waals surface area contributed by atoms with Crippen molar-refractivity contribution in [2.45, 2.75) is 57.7 Å². The van der Waals surface area contributed by atoms with Gasteiger partial charge in [-0.2, -0.15) is 0 Å². The Morgan fingerprint density at radius 3 is 2.32 bits per heavy atom. The van der Waals surface area contributed by atoms with Crippen LogP contribution >= 0.6 is 0 Å². The number of likely N-dealkylation sites (N-methyl/N-ethyl adjacent to an activating group) is 1. The summed E-state index contributed by atoms with van der Waals surface area (Å²) in [4.78, 5) is 43.1. The SMILES string of the molecule is CN1C(=O)[C@H](NC(=O)[C@@H](Cc2cc(F)cc(F)c2)NC(=O)OC(C)(C)C)CN(CC2CC2)c2ccccc21. The summed E-state index contributed by atoms with van der Waals surface area (Å²) in [5.41, 5.74) is 0.996. The number of anilines is 2. The van der Waals surface area contributed by atoms with Crippen LogP contribution in [0.3, 0.4) is 0 Å². The molecule has 38 heavy (non-hydrogen) atoms. The van der Waals surface area contributed by atoms with Gasteiger partial charge in [-0.25, -0.2) is 13.6 Å². The molecule has 0 saturated heterocycles. The number of para-hydroxylation sites is 2. The minimum absolute atomic E-state index is 0.172. The van der Waals surface area contributed by atoms with E-state index in [2.05, 4.69) is 15.5 Å². The molecule has 2 atom stereocenters. The van der Waals surface area contributed by atoms with E-state index in [4.69, 9.17) is 4.74 Å². The summed E-state index contributed by atoms with van der Waals surface area (Å²) < 4.78 is 33.0. The summed E-state index contributed by atoms with van der Waals surface area (Å²) in [5, 5.41) is 5.29.